The first-order chi connectivity index (χ1) is 15.9. The normalized spacial score (nSPS) is 18.0. The predicted molar refractivity (Wildman–Crippen MR) is 123 cm³/mol. The molecule has 1 aliphatic heterocycles. The maximum Gasteiger partial charge on any atom is 0.245 e. The molecular weight excluding hydrogens is 446 g/mol. The Morgan fingerprint density at radius 2 is 1.59 bits per heavy atom. The van der Waals surface area contributed by atoms with E-state index in [1.54, 1.807) is 0 Å². The molecule has 1 heterocycles. The summed E-state index contributed by atoms with van der Waals surface area (Å²) in [6.07, 6.45) is 1.08. The second-order valence-electron chi connectivity index (χ2n) is 8.81. The molecule has 8 N–H and O–H groups in total. The molecule has 0 saturated carbocycles. The molecule has 0 aromatic heterocycles. The maximum absolute atomic E-state index is 13.0. The molecule has 1 rings (SSSR count). The number of nitrogens with zero attached hydrogens (tertiary/aromatic N) is 1. The highest BCUT2D eigenvalue weighted by atomic mass is 16.2. The molecule has 0 radical (unpaired) electrons. The van der Waals surface area contributed by atoms with Crippen LogP contribution in [0.4, 0.5) is 0 Å². The molecule has 1 fully saturated rings. The third-order valence-electron chi connectivity index (χ3n) is 5.41. The molecule has 34 heavy (non-hydrogen) atoms. The van der Waals surface area contributed by atoms with E-state index in [1.165, 1.54) is 18.9 Å². The van der Waals surface area contributed by atoms with E-state index < -0.39 is 59.6 Å². The smallest absolute Gasteiger partial charge is 0.245 e. The summed E-state index contributed by atoms with van der Waals surface area (Å²) in [5.74, 6) is -3.36. The molecule has 0 aromatic carbocycles. The van der Waals surface area contributed by atoms with Gasteiger partial charge in [-0.3, -0.25) is 28.8 Å². The van der Waals surface area contributed by atoms with Crippen LogP contribution < -0.4 is 32.7 Å². The van der Waals surface area contributed by atoms with Gasteiger partial charge >= 0.3 is 0 Å². The summed E-state index contributed by atoms with van der Waals surface area (Å²) >= 11 is 0. The molecular formula is C21H37N7O6. The third-order valence-corrected chi connectivity index (χ3v) is 5.41. The number of carbonyl (C=O) groups excluding carboxylic acids is 6. The van der Waals surface area contributed by atoms with Crippen LogP contribution in [-0.2, 0) is 28.8 Å². The fourth-order valence-electron chi connectivity index (χ4n) is 3.72. The van der Waals surface area contributed by atoms with Crippen LogP contribution in [0.15, 0.2) is 0 Å². The SMILES string of the molecule is CN[C@@H](CC(N)=O)C(=O)N[C@@H](C)C(=O)N1CCC[C@H]1C(=O)N[C@@H](CC(C)C)C(=O)NCC(N)=O. The van der Waals surface area contributed by atoms with Gasteiger partial charge in [0.05, 0.1) is 19.0 Å². The highest BCUT2D eigenvalue weighted by Gasteiger charge is 2.38. The number of primary amides is 2. The Hall–Kier alpha value is -3.22. The Balaban J connectivity index is 2.84. The highest BCUT2D eigenvalue weighted by Crippen LogP contribution is 2.19. The molecule has 192 valence electrons. The van der Waals surface area contributed by atoms with Crippen LogP contribution in [0.2, 0.25) is 0 Å². The number of hydrogen-bond donors (Lipinski definition) is 6. The topological polar surface area (TPSA) is 206 Å². The monoisotopic (exact) mass is 483 g/mol. The highest BCUT2D eigenvalue weighted by molar-refractivity contribution is 5.96. The number of nitrogens with two attached hydrogens (primary N) is 2. The summed E-state index contributed by atoms with van der Waals surface area (Å²) in [6.45, 7) is 5.22. The first-order valence-electron chi connectivity index (χ1n) is 11.3. The van der Waals surface area contributed by atoms with Gasteiger partial charge in [0.2, 0.25) is 35.4 Å². The number of nitrogens with one attached hydrogen (secondary N) is 4. The van der Waals surface area contributed by atoms with Crippen molar-refractivity contribution in [2.45, 2.75) is 70.6 Å². The lowest BCUT2D eigenvalue weighted by atomic mass is 10.0. The predicted octanol–water partition coefficient (Wildman–Crippen LogP) is -2.92. The van der Waals surface area contributed by atoms with E-state index >= 15 is 0 Å². The van der Waals surface area contributed by atoms with Crippen molar-refractivity contribution in [3.05, 3.63) is 0 Å². The largest absolute Gasteiger partial charge is 0.370 e. The van der Waals surface area contributed by atoms with Gasteiger partial charge in [0, 0.05) is 6.54 Å². The molecule has 0 aromatic rings. The van der Waals surface area contributed by atoms with Crippen molar-refractivity contribution in [1.82, 2.24) is 26.2 Å². The Labute approximate surface area is 199 Å². The third kappa shape index (κ3) is 8.96. The van der Waals surface area contributed by atoms with E-state index in [-0.39, 0.29) is 18.9 Å². The quantitative estimate of drug-likeness (QED) is 0.161. The van der Waals surface area contributed by atoms with Gasteiger partial charge in [-0.2, -0.15) is 0 Å². The summed E-state index contributed by atoms with van der Waals surface area (Å²) in [7, 11) is 1.49. The number of carbonyl (C=O) groups is 6. The number of likely N-dealkylation sites (tertiary alicyclic amines) is 1. The number of amides is 6. The van der Waals surface area contributed by atoms with Crippen molar-refractivity contribution >= 4 is 35.4 Å². The molecule has 1 saturated heterocycles. The van der Waals surface area contributed by atoms with Gasteiger partial charge in [-0.05, 0) is 39.2 Å². The lowest BCUT2D eigenvalue weighted by Gasteiger charge is -2.29. The van der Waals surface area contributed by atoms with Crippen molar-refractivity contribution in [2.24, 2.45) is 17.4 Å². The number of likely N-dealkylation sites (N-methyl/N-ethyl adjacent to an activating group) is 1. The van der Waals surface area contributed by atoms with Crippen LogP contribution in [0.3, 0.4) is 0 Å². The van der Waals surface area contributed by atoms with Crippen molar-refractivity contribution in [3.63, 3.8) is 0 Å². The van der Waals surface area contributed by atoms with E-state index in [1.807, 2.05) is 13.8 Å². The van der Waals surface area contributed by atoms with Crippen molar-refractivity contribution in [3.8, 4) is 0 Å². The van der Waals surface area contributed by atoms with E-state index in [0.717, 1.165) is 0 Å². The summed E-state index contributed by atoms with van der Waals surface area (Å²) in [6, 6.07) is -3.54. The summed E-state index contributed by atoms with van der Waals surface area (Å²) in [5.41, 5.74) is 10.2. The summed E-state index contributed by atoms with van der Waals surface area (Å²) in [5, 5.41) is 10.3. The van der Waals surface area contributed by atoms with Gasteiger partial charge in [-0.15, -0.1) is 0 Å². The minimum absolute atomic E-state index is 0.0710. The minimum Gasteiger partial charge on any atom is -0.370 e. The molecule has 4 atom stereocenters. The number of rotatable bonds is 13. The zero-order valence-corrected chi connectivity index (χ0v) is 20.2. The lowest BCUT2D eigenvalue weighted by molar-refractivity contribution is -0.142. The molecule has 0 aliphatic carbocycles. The molecule has 1 aliphatic rings. The average molecular weight is 484 g/mol. The molecule has 13 heteroatoms. The van der Waals surface area contributed by atoms with Crippen LogP contribution in [0.25, 0.3) is 0 Å². The van der Waals surface area contributed by atoms with Gasteiger partial charge < -0.3 is 37.6 Å². The van der Waals surface area contributed by atoms with Gasteiger partial charge in [0.25, 0.3) is 0 Å². The van der Waals surface area contributed by atoms with E-state index in [4.69, 9.17) is 11.5 Å². The van der Waals surface area contributed by atoms with Gasteiger partial charge in [0.1, 0.15) is 18.1 Å². The van der Waals surface area contributed by atoms with Gasteiger partial charge in [0.15, 0.2) is 0 Å². The zero-order valence-electron chi connectivity index (χ0n) is 20.2. The van der Waals surface area contributed by atoms with Crippen molar-refractivity contribution < 1.29 is 28.8 Å². The average Bonchev–Trinajstić information content (AvgIpc) is 3.24. The van der Waals surface area contributed by atoms with E-state index in [0.29, 0.717) is 25.8 Å². The first-order valence-corrected chi connectivity index (χ1v) is 11.3. The van der Waals surface area contributed by atoms with Crippen LogP contribution in [0, 0.1) is 5.92 Å². The zero-order chi connectivity index (χ0) is 26.0. The van der Waals surface area contributed by atoms with E-state index in [2.05, 4.69) is 21.3 Å². The van der Waals surface area contributed by atoms with Crippen LogP contribution in [0.1, 0.15) is 46.5 Å². The number of hydrogen-bond acceptors (Lipinski definition) is 7. The Morgan fingerprint density at radius 3 is 2.12 bits per heavy atom. The van der Waals surface area contributed by atoms with Crippen LogP contribution >= 0.6 is 0 Å². The second-order valence-corrected chi connectivity index (χ2v) is 8.81. The first kappa shape index (κ1) is 28.8. The summed E-state index contributed by atoms with van der Waals surface area (Å²) < 4.78 is 0. The maximum atomic E-state index is 13.0. The van der Waals surface area contributed by atoms with Crippen molar-refractivity contribution in [2.75, 3.05) is 20.1 Å². The fraction of sp³-hybridized carbons (Fsp3) is 0.714. The fourth-order valence-corrected chi connectivity index (χ4v) is 3.72. The molecule has 0 spiro atoms. The molecule has 0 unspecified atom stereocenters. The Morgan fingerprint density at radius 1 is 0.941 bits per heavy atom. The minimum atomic E-state index is -0.949. The Kier molecular flexibility index (Phi) is 11.4. The second kappa shape index (κ2) is 13.5. The van der Waals surface area contributed by atoms with Gasteiger partial charge in [-0.25, -0.2) is 0 Å². The van der Waals surface area contributed by atoms with Crippen molar-refractivity contribution in [1.29, 1.82) is 0 Å². The molecule has 0 bridgehead atoms. The van der Waals surface area contributed by atoms with Crippen LogP contribution in [-0.4, -0.2) is 84.6 Å². The van der Waals surface area contributed by atoms with Gasteiger partial charge in [-0.1, -0.05) is 13.8 Å². The Bertz CT molecular complexity index is 788. The van der Waals surface area contributed by atoms with E-state index in [9.17, 15) is 28.8 Å². The lowest BCUT2D eigenvalue weighted by Crippen LogP contribution is -2.57. The van der Waals surface area contributed by atoms with Crippen LogP contribution in [0.5, 0.6) is 0 Å². The molecule has 6 amide bonds. The molecule has 13 nitrogen and oxygen atoms in total. The standard InChI is InChI=1S/C21H37N7O6/c1-11(2)8-14(18(31)25-10-17(23)30)27-20(33)15-6-5-7-28(15)21(34)12(3)26-19(32)13(24-4)9-16(22)29/h11-15,24H,5-10H2,1-4H3,(H2,22,29)(H2,23,30)(H,25,31)(H,26,32)(H,27,33)/t12-,13-,14-,15-/m0/s1. The summed E-state index contributed by atoms with van der Waals surface area (Å²) in [4.78, 5) is 74.3.